The molecule has 1 N–H and O–H groups in total. The second kappa shape index (κ2) is 7.05. The van der Waals surface area contributed by atoms with Crippen LogP contribution in [-0.2, 0) is 4.74 Å². The third-order valence-corrected chi connectivity index (χ3v) is 5.59. The smallest absolute Gasteiger partial charge is 0.317 e. The van der Waals surface area contributed by atoms with Gasteiger partial charge in [-0.2, -0.15) is 11.8 Å². The van der Waals surface area contributed by atoms with Crippen molar-refractivity contribution in [3.63, 3.8) is 0 Å². The molecule has 3 rings (SSSR count). The van der Waals surface area contributed by atoms with E-state index in [-0.39, 0.29) is 18.1 Å². The van der Waals surface area contributed by atoms with Gasteiger partial charge in [-0.3, -0.25) is 0 Å². The van der Waals surface area contributed by atoms with Crippen LogP contribution >= 0.6 is 11.8 Å². The van der Waals surface area contributed by atoms with Gasteiger partial charge >= 0.3 is 6.03 Å². The van der Waals surface area contributed by atoms with Gasteiger partial charge in [0, 0.05) is 25.4 Å². The third-order valence-electron chi connectivity index (χ3n) is 4.45. The van der Waals surface area contributed by atoms with Crippen molar-refractivity contribution in [3.05, 3.63) is 35.4 Å². The number of urea groups is 1. The van der Waals surface area contributed by atoms with Crippen molar-refractivity contribution in [2.24, 2.45) is 0 Å². The summed E-state index contributed by atoms with van der Waals surface area (Å²) in [4.78, 5) is 14.1. The van der Waals surface area contributed by atoms with E-state index < -0.39 is 17.7 Å². The Morgan fingerprint density at radius 1 is 1.35 bits per heavy atom. The van der Waals surface area contributed by atoms with Crippen molar-refractivity contribution in [2.75, 3.05) is 25.2 Å². The lowest BCUT2D eigenvalue weighted by Gasteiger charge is -2.27. The second-order valence-corrected chi connectivity index (χ2v) is 7.09. The molecule has 0 aromatic heterocycles. The van der Waals surface area contributed by atoms with Crippen LogP contribution in [0.5, 0.6) is 0 Å². The minimum atomic E-state index is -0.900. The van der Waals surface area contributed by atoms with Crippen molar-refractivity contribution in [2.45, 2.75) is 31.0 Å². The Morgan fingerprint density at radius 2 is 2.17 bits per heavy atom. The Balaban J connectivity index is 1.66. The van der Waals surface area contributed by atoms with Gasteiger partial charge in [-0.15, -0.1) is 0 Å². The van der Waals surface area contributed by atoms with E-state index in [4.69, 9.17) is 4.74 Å². The molecule has 2 saturated heterocycles. The van der Waals surface area contributed by atoms with Crippen molar-refractivity contribution < 1.29 is 18.3 Å². The summed E-state index contributed by atoms with van der Waals surface area (Å²) in [6.45, 7) is 0.484. The molecule has 0 radical (unpaired) electrons. The minimum Gasteiger partial charge on any atom is -0.371 e. The molecule has 7 heteroatoms. The second-order valence-electron chi connectivity index (χ2n) is 5.94. The third kappa shape index (κ3) is 3.61. The van der Waals surface area contributed by atoms with E-state index in [1.165, 1.54) is 6.07 Å². The molecule has 0 saturated carbocycles. The van der Waals surface area contributed by atoms with E-state index in [1.54, 1.807) is 11.9 Å². The number of carbonyl (C=O) groups is 1. The summed E-state index contributed by atoms with van der Waals surface area (Å²) >= 11 is 1.85. The van der Waals surface area contributed by atoms with Gasteiger partial charge in [0.1, 0.15) is 6.10 Å². The minimum absolute atomic E-state index is 0.138. The van der Waals surface area contributed by atoms with E-state index in [0.717, 1.165) is 30.1 Å². The fourth-order valence-electron chi connectivity index (χ4n) is 3.01. The van der Waals surface area contributed by atoms with Crippen molar-refractivity contribution in [1.29, 1.82) is 0 Å². The zero-order valence-electron chi connectivity index (χ0n) is 12.9. The van der Waals surface area contributed by atoms with Gasteiger partial charge in [0.15, 0.2) is 11.6 Å². The van der Waals surface area contributed by atoms with Gasteiger partial charge in [-0.1, -0.05) is 6.07 Å². The van der Waals surface area contributed by atoms with Gasteiger partial charge in [0.2, 0.25) is 0 Å². The molecule has 0 aliphatic carbocycles. The number of benzene rings is 1. The van der Waals surface area contributed by atoms with E-state index >= 15 is 0 Å². The number of hydrogen-bond donors (Lipinski definition) is 1. The quantitative estimate of drug-likeness (QED) is 0.918. The molecule has 1 aromatic carbocycles. The van der Waals surface area contributed by atoms with Crippen LogP contribution < -0.4 is 5.32 Å². The Hall–Kier alpha value is -1.34. The molecule has 126 valence electrons. The maximum absolute atomic E-state index is 13.4. The lowest BCUT2D eigenvalue weighted by Crippen LogP contribution is -2.48. The normalized spacial score (nSPS) is 27.2. The summed E-state index contributed by atoms with van der Waals surface area (Å²) in [5.74, 6) is 0.248. The Morgan fingerprint density at radius 3 is 2.87 bits per heavy atom. The lowest BCUT2D eigenvalue weighted by molar-refractivity contribution is 0.0975. The molecule has 2 aliphatic heterocycles. The highest BCUT2D eigenvalue weighted by Gasteiger charge is 2.33. The van der Waals surface area contributed by atoms with Gasteiger partial charge in [-0.05, 0) is 36.3 Å². The number of halogens is 2. The van der Waals surface area contributed by atoms with E-state index in [9.17, 15) is 13.6 Å². The summed E-state index contributed by atoms with van der Waals surface area (Å²) < 4.78 is 32.1. The molecule has 2 heterocycles. The van der Waals surface area contributed by atoms with E-state index in [0.29, 0.717) is 18.6 Å². The number of nitrogens with one attached hydrogen (secondary N) is 1. The summed E-state index contributed by atoms with van der Waals surface area (Å²) in [5.41, 5.74) is 0.547. The zero-order valence-corrected chi connectivity index (χ0v) is 13.7. The predicted octanol–water partition coefficient (Wildman–Crippen LogP) is 2.94. The van der Waals surface area contributed by atoms with Gasteiger partial charge in [0.05, 0.1) is 6.04 Å². The van der Waals surface area contributed by atoms with Crippen LogP contribution in [0.1, 0.15) is 24.5 Å². The molecule has 2 amide bonds. The average molecular weight is 342 g/mol. The van der Waals surface area contributed by atoms with Crippen molar-refractivity contribution in [3.8, 4) is 0 Å². The number of nitrogens with zero attached hydrogens (tertiary/aromatic N) is 1. The largest absolute Gasteiger partial charge is 0.371 e. The highest BCUT2D eigenvalue weighted by molar-refractivity contribution is 7.99. The number of rotatable bonds is 3. The molecule has 3 atom stereocenters. The van der Waals surface area contributed by atoms with Gasteiger partial charge in [-0.25, -0.2) is 13.6 Å². The molecule has 1 aromatic rings. The first kappa shape index (κ1) is 16.5. The predicted molar refractivity (Wildman–Crippen MR) is 85.5 cm³/mol. The standard InChI is InChI=1S/C16H20F2N2O2S/c1-20(11-5-7-23-9-11)16(21)19-14-4-6-22-15(14)10-2-3-12(17)13(18)8-10/h2-3,8,11,14-15H,4-7,9H2,1H3,(H,19,21)/t11-,14-,15-/m1/s1. The van der Waals surface area contributed by atoms with Crippen LogP contribution in [0, 0.1) is 11.6 Å². The maximum atomic E-state index is 13.4. The maximum Gasteiger partial charge on any atom is 0.317 e. The first-order valence-electron chi connectivity index (χ1n) is 7.74. The molecule has 0 spiro atoms. The molecule has 23 heavy (non-hydrogen) atoms. The number of thioether (sulfide) groups is 1. The van der Waals surface area contributed by atoms with Crippen LogP contribution in [0.25, 0.3) is 0 Å². The summed E-state index contributed by atoms with van der Waals surface area (Å²) in [6.07, 6.45) is 1.21. The molecule has 2 fully saturated rings. The molecule has 0 bridgehead atoms. The first-order valence-corrected chi connectivity index (χ1v) is 8.89. The SMILES string of the molecule is CN(C(=O)N[C@@H]1CCO[C@@H]1c1ccc(F)c(F)c1)[C@@H]1CCSC1. The number of ether oxygens (including phenoxy) is 1. The number of carbonyl (C=O) groups excluding carboxylic acids is 1. The molecule has 0 unspecified atom stereocenters. The summed E-state index contributed by atoms with van der Waals surface area (Å²) in [7, 11) is 1.80. The Kier molecular flexibility index (Phi) is 5.06. The van der Waals surface area contributed by atoms with Crippen molar-refractivity contribution >= 4 is 17.8 Å². The Bertz CT molecular complexity index is 581. The molecular formula is C16H20F2N2O2S. The molecular weight excluding hydrogens is 322 g/mol. The van der Waals surface area contributed by atoms with Crippen LogP contribution in [0.4, 0.5) is 13.6 Å². The van der Waals surface area contributed by atoms with E-state index in [1.807, 2.05) is 11.8 Å². The number of amides is 2. The van der Waals surface area contributed by atoms with Crippen molar-refractivity contribution in [1.82, 2.24) is 10.2 Å². The molecule has 2 aliphatic rings. The van der Waals surface area contributed by atoms with Crippen LogP contribution in [0.2, 0.25) is 0 Å². The highest BCUT2D eigenvalue weighted by Crippen LogP contribution is 2.30. The van der Waals surface area contributed by atoms with Crippen LogP contribution in [-0.4, -0.2) is 48.2 Å². The van der Waals surface area contributed by atoms with E-state index in [2.05, 4.69) is 5.32 Å². The van der Waals surface area contributed by atoms with Crippen LogP contribution in [0.15, 0.2) is 18.2 Å². The molecule has 4 nitrogen and oxygen atoms in total. The number of hydrogen-bond acceptors (Lipinski definition) is 3. The van der Waals surface area contributed by atoms with Gasteiger partial charge in [0.25, 0.3) is 0 Å². The fraction of sp³-hybridized carbons (Fsp3) is 0.562. The highest BCUT2D eigenvalue weighted by atomic mass is 32.2. The zero-order chi connectivity index (χ0) is 16.4. The van der Waals surface area contributed by atoms with Gasteiger partial charge < -0.3 is 15.0 Å². The Labute approximate surface area is 138 Å². The lowest BCUT2D eigenvalue weighted by atomic mass is 10.0. The fourth-order valence-corrected chi connectivity index (χ4v) is 4.28. The van der Waals surface area contributed by atoms with Crippen LogP contribution in [0.3, 0.4) is 0 Å². The summed E-state index contributed by atoms with van der Waals surface area (Å²) in [6, 6.07) is 3.62. The monoisotopic (exact) mass is 342 g/mol. The average Bonchev–Trinajstić information content (AvgIpc) is 3.20. The summed E-state index contributed by atoms with van der Waals surface area (Å²) in [5, 5.41) is 2.97. The topological polar surface area (TPSA) is 41.6 Å². The first-order chi connectivity index (χ1) is 11.1.